The lowest BCUT2D eigenvalue weighted by molar-refractivity contribution is -0.158. The van der Waals surface area contributed by atoms with E-state index in [2.05, 4.69) is 0 Å². The highest BCUT2D eigenvalue weighted by atomic mass is 19.1. The van der Waals surface area contributed by atoms with Crippen LogP contribution in [0.25, 0.3) is 22.3 Å². The Morgan fingerprint density at radius 2 is 1.03 bits per heavy atom. The fraction of sp³-hybridized carbons (Fsp3) is 0.103. The van der Waals surface area contributed by atoms with E-state index in [1.165, 1.54) is 61.7 Å². The summed E-state index contributed by atoms with van der Waals surface area (Å²) >= 11 is 0. The molecule has 0 aliphatic heterocycles. The molecular formula is C29H21F3O4. The number of carbonyl (C=O) groups is 2. The van der Waals surface area contributed by atoms with Gasteiger partial charge in [-0.2, -0.15) is 0 Å². The normalized spacial score (nSPS) is 10.7. The number of hydrogen-bond acceptors (Lipinski definition) is 4. The highest BCUT2D eigenvalue weighted by Crippen LogP contribution is 2.28. The van der Waals surface area contributed by atoms with Gasteiger partial charge in [-0.05, 0) is 81.9 Å². The molecule has 4 rings (SSSR count). The van der Waals surface area contributed by atoms with Crippen molar-refractivity contribution in [3.63, 3.8) is 0 Å². The second kappa shape index (κ2) is 10.9. The van der Waals surface area contributed by atoms with E-state index in [1.807, 2.05) is 0 Å². The Morgan fingerprint density at radius 3 is 1.47 bits per heavy atom. The molecule has 4 aromatic carbocycles. The van der Waals surface area contributed by atoms with Crippen LogP contribution in [0.2, 0.25) is 0 Å². The standard InChI is InChI=1S/C29H21F3O4/c1-35-25-10-4-19(5-11-25)27-13-9-24(32)15-21(27)17-29(34)36-28(33)16-20-14-23(31)8-12-26(20)18-2-6-22(30)7-3-18/h2-15H,16-17H2,1H3. The minimum Gasteiger partial charge on any atom is -0.497 e. The molecule has 0 saturated carbocycles. The fourth-order valence-electron chi connectivity index (χ4n) is 3.89. The largest absolute Gasteiger partial charge is 0.497 e. The van der Waals surface area contributed by atoms with Crippen molar-refractivity contribution in [2.75, 3.05) is 7.11 Å². The summed E-state index contributed by atoms with van der Waals surface area (Å²) in [4.78, 5) is 25.1. The quantitative estimate of drug-likeness (QED) is 0.225. The first-order valence-corrected chi connectivity index (χ1v) is 11.0. The second-order valence-electron chi connectivity index (χ2n) is 8.04. The van der Waals surface area contributed by atoms with Crippen molar-refractivity contribution in [3.05, 3.63) is 114 Å². The van der Waals surface area contributed by atoms with Crippen LogP contribution in [0.3, 0.4) is 0 Å². The lowest BCUT2D eigenvalue weighted by Gasteiger charge is -2.12. The Balaban J connectivity index is 1.50. The number of rotatable bonds is 7. The van der Waals surface area contributed by atoms with Crippen LogP contribution >= 0.6 is 0 Å². The molecule has 4 aromatic rings. The number of ether oxygens (including phenoxy) is 2. The van der Waals surface area contributed by atoms with Crippen LogP contribution < -0.4 is 4.74 Å². The first kappa shape index (κ1) is 24.7. The number of methoxy groups -OCH3 is 1. The molecule has 0 aromatic heterocycles. The third-order valence-corrected chi connectivity index (χ3v) is 5.59. The van der Waals surface area contributed by atoms with Gasteiger partial charge >= 0.3 is 11.9 Å². The van der Waals surface area contributed by atoms with Crippen LogP contribution in [-0.2, 0) is 27.2 Å². The maximum atomic E-state index is 14.0. The Hall–Kier alpha value is -4.39. The molecule has 0 saturated heterocycles. The number of carbonyl (C=O) groups excluding carboxylic acids is 2. The molecule has 0 N–H and O–H groups in total. The summed E-state index contributed by atoms with van der Waals surface area (Å²) in [6.45, 7) is 0. The molecule has 0 aliphatic carbocycles. The average molecular weight is 490 g/mol. The van der Waals surface area contributed by atoms with Gasteiger partial charge in [-0.25, -0.2) is 13.2 Å². The SMILES string of the molecule is COc1ccc(-c2ccc(F)cc2CC(=O)OC(=O)Cc2cc(F)ccc2-c2ccc(F)cc2)cc1. The number of esters is 2. The molecule has 0 unspecified atom stereocenters. The van der Waals surface area contributed by atoms with Crippen molar-refractivity contribution in [3.8, 4) is 28.0 Å². The van der Waals surface area contributed by atoms with Gasteiger partial charge < -0.3 is 9.47 Å². The first-order valence-electron chi connectivity index (χ1n) is 11.0. The minimum atomic E-state index is -0.892. The molecule has 0 heterocycles. The predicted molar refractivity (Wildman–Crippen MR) is 129 cm³/mol. The highest BCUT2D eigenvalue weighted by Gasteiger charge is 2.18. The van der Waals surface area contributed by atoms with E-state index in [0.717, 1.165) is 5.56 Å². The lowest BCUT2D eigenvalue weighted by atomic mass is 9.97. The van der Waals surface area contributed by atoms with Crippen molar-refractivity contribution < 1.29 is 32.2 Å². The summed E-state index contributed by atoms with van der Waals surface area (Å²) in [7, 11) is 1.54. The highest BCUT2D eigenvalue weighted by molar-refractivity contribution is 5.89. The molecule has 0 aliphatic rings. The predicted octanol–water partition coefficient (Wildman–Crippen LogP) is 6.30. The number of benzene rings is 4. The van der Waals surface area contributed by atoms with Crippen LogP contribution in [0.15, 0.2) is 84.9 Å². The summed E-state index contributed by atoms with van der Waals surface area (Å²) in [6.07, 6.45) is -0.733. The molecule has 0 atom stereocenters. The van der Waals surface area contributed by atoms with Gasteiger partial charge in [-0.15, -0.1) is 0 Å². The maximum absolute atomic E-state index is 14.0. The van der Waals surface area contributed by atoms with E-state index < -0.39 is 29.4 Å². The van der Waals surface area contributed by atoms with E-state index >= 15 is 0 Å². The van der Waals surface area contributed by atoms with Crippen molar-refractivity contribution in [1.82, 2.24) is 0 Å². The molecule has 0 spiro atoms. The van der Waals surface area contributed by atoms with Crippen LogP contribution in [0.5, 0.6) is 5.75 Å². The van der Waals surface area contributed by atoms with E-state index in [-0.39, 0.29) is 18.4 Å². The smallest absolute Gasteiger partial charge is 0.317 e. The van der Waals surface area contributed by atoms with Gasteiger partial charge in [0, 0.05) is 0 Å². The molecule has 0 bridgehead atoms. The van der Waals surface area contributed by atoms with Gasteiger partial charge in [-0.1, -0.05) is 36.4 Å². The summed E-state index contributed by atoms with van der Waals surface area (Å²) in [6, 6.07) is 20.4. The monoisotopic (exact) mass is 490 g/mol. The Morgan fingerprint density at radius 1 is 0.611 bits per heavy atom. The zero-order valence-corrected chi connectivity index (χ0v) is 19.3. The van der Waals surface area contributed by atoms with Crippen molar-refractivity contribution in [2.24, 2.45) is 0 Å². The van der Waals surface area contributed by atoms with E-state index in [0.29, 0.717) is 28.0 Å². The Labute approximate surface area is 205 Å². The summed E-state index contributed by atoms with van der Waals surface area (Å²) in [5.41, 5.74) is 3.04. The van der Waals surface area contributed by atoms with Gasteiger partial charge in [0.05, 0.1) is 20.0 Å². The molecule has 0 radical (unpaired) electrons. The second-order valence-corrected chi connectivity index (χ2v) is 8.04. The first-order chi connectivity index (χ1) is 17.3. The van der Waals surface area contributed by atoms with E-state index in [9.17, 15) is 22.8 Å². The third kappa shape index (κ3) is 5.99. The topological polar surface area (TPSA) is 52.6 Å². The lowest BCUT2D eigenvalue weighted by Crippen LogP contribution is -2.17. The van der Waals surface area contributed by atoms with Gasteiger partial charge in [0.1, 0.15) is 23.2 Å². The summed E-state index contributed by atoms with van der Waals surface area (Å²) < 4.78 is 51.3. The minimum absolute atomic E-state index is 0.282. The average Bonchev–Trinajstić information content (AvgIpc) is 2.85. The van der Waals surface area contributed by atoms with Gasteiger partial charge in [-0.3, -0.25) is 9.59 Å². The van der Waals surface area contributed by atoms with Crippen molar-refractivity contribution >= 4 is 11.9 Å². The molecule has 36 heavy (non-hydrogen) atoms. The molecule has 7 heteroatoms. The van der Waals surface area contributed by atoms with Crippen molar-refractivity contribution in [2.45, 2.75) is 12.8 Å². The van der Waals surface area contributed by atoms with E-state index in [1.54, 1.807) is 30.3 Å². The van der Waals surface area contributed by atoms with E-state index in [4.69, 9.17) is 9.47 Å². The fourth-order valence-corrected chi connectivity index (χ4v) is 3.89. The van der Waals surface area contributed by atoms with Gasteiger partial charge in [0.15, 0.2) is 0 Å². The molecular weight excluding hydrogens is 469 g/mol. The maximum Gasteiger partial charge on any atom is 0.317 e. The van der Waals surface area contributed by atoms with Crippen LogP contribution in [-0.4, -0.2) is 19.0 Å². The summed E-state index contributed by atoms with van der Waals surface area (Å²) in [5.74, 6) is -2.66. The van der Waals surface area contributed by atoms with Crippen molar-refractivity contribution in [1.29, 1.82) is 0 Å². The Bertz CT molecular complexity index is 1400. The zero-order valence-electron chi connectivity index (χ0n) is 19.3. The van der Waals surface area contributed by atoms with Crippen LogP contribution in [0, 0.1) is 17.5 Å². The van der Waals surface area contributed by atoms with Gasteiger partial charge in [0.25, 0.3) is 0 Å². The molecule has 182 valence electrons. The van der Waals surface area contributed by atoms with Crippen LogP contribution in [0.4, 0.5) is 13.2 Å². The summed E-state index contributed by atoms with van der Waals surface area (Å²) in [5, 5.41) is 0. The number of halogens is 3. The van der Waals surface area contributed by atoms with Gasteiger partial charge in [0.2, 0.25) is 0 Å². The molecule has 0 amide bonds. The number of hydrogen-bond donors (Lipinski definition) is 0. The zero-order chi connectivity index (χ0) is 25.7. The van der Waals surface area contributed by atoms with Crippen LogP contribution in [0.1, 0.15) is 11.1 Å². The third-order valence-electron chi connectivity index (χ3n) is 5.59. The molecule has 0 fully saturated rings. The Kier molecular flexibility index (Phi) is 7.49. The molecule has 4 nitrogen and oxygen atoms in total.